The number of amides is 1. The Morgan fingerprint density at radius 2 is 1.53 bits per heavy atom. The van der Waals surface area contributed by atoms with Gasteiger partial charge in [-0.1, -0.05) is 30.3 Å². The molecule has 1 atom stereocenters. The van der Waals surface area contributed by atoms with Gasteiger partial charge in [0.05, 0.1) is 42.5 Å². The normalized spacial score (nSPS) is 11.9. The van der Waals surface area contributed by atoms with Gasteiger partial charge in [-0.3, -0.25) is 14.5 Å². The van der Waals surface area contributed by atoms with Crippen LogP contribution in [0.25, 0.3) is 33.2 Å². The Kier molecular flexibility index (Phi) is 12.0. The van der Waals surface area contributed by atoms with E-state index < -0.39 is 56.8 Å². The third kappa shape index (κ3) is 8.82. The Hall–Kier alpha value is -6.52. The highest BCUT2D eigenvalue weighted by Gasteiger charge is 2.28. The molecule has 0 aliphatic heterocycles. The fraction of sp³-hybridized carbons (Fsp3) is 0.171. The molecular weight excluding hydrogens is 766 g/mol. The number of methoxy groups -OCH3 is 2. The minimum Gasteiger partial charge on any atom is -0.496 e. The number of carbonyl (C=O) groups excluding carboxylic acids is 1. The molecule has 0 aliphatic carbocycles. The Morgan fingerprint density at radius 3 is 2.14 bits per heavy atom. The minimum absolute atomic E-state index is 0.267. The molecular formula is C41H35F3N4O8S. The average Bonchev–Trinajstić information content (AvgIpc) is 3.19. The van der Waals surface area contributed by atoms with Crippen LogP contribution in [0.2, 0.25) is 0 Å². The van der Waals surface area contributed by atoms with Crippen molar-refractivity contribution in [2.75, 3.05) is 25.5 Å². The van der Waals surface area contributed by atoms with Crippen LogP contribution in [0.5, 0.6) is 11.5 Å². The van der Waals surface area contributed by atoms with Gasteiger partial charge in [0.1, 0.15) is 34.7 Å². The first-order valence-corrected chi connectivity index (χ1v) is 18.8. The number of fused-ring (bicyclic) bond motifs is 1. The summed E-state index contributed by atoms with van der Waals surface area (Å²) < 4.78 is 89.4. The van der Waals surface area contributed by atoms with Crippen molar-refractivity contribution in [1.82, 2.24) is 15.3 Å². The maximum Gasteiger partial charge on any atom is 0.326 e. The molecule has 12 nitrogen and oxygen atoms in total. The van der Waals surface area contributed by atoms with E-state index in [1.165, 1.54) is 63.0 Å². The lowest BCUT2D eigenvalue weighted by atomic mass is 9.93. The van der Waals surface area contributed by atoms with Crippen molar-refractivity contribution < 1.29 is 50.5 Å². The third-order valence-corrected chi connectivity index (χ3v) is 10.3. The van der Waals surface area contributed by atoms with Crippen molar-refractivity contribution in [1.29, 1.82) is 0 Å². The van der Waals surface area contributed by atoms with Gasteiger partial charge in [0.25, 0.3) is 15.9 Å². The molecule has 0 bridgehead atoms. The smallest absolute Gasteiger partial charge is 0.326 e. The summed E-state index contributed by atoms with van der Waals surface area (Å²) in [6.07, 6.45) is 2.45. The number of carboxylic acids is 1. The molecule has 1 amide bonds. The lowest BCUT2D eigenvalue weighted by Gasteiger charge is -2.19. The topological polar surface area (TPSA) is 166 Å². The molecule has 57 heavy (non-hydrogen) atoms. The largest absolute Gasteiger partial charge is 0.496 e. The highest BCUT2D eigenvalue weighted by molar-refractivity contribution is 7.92. The Bertz CT molecular complexity index is 2540. The highest BCUT2D eigenvalue weighted by atomic mass is 32.2. The van der Waals surface area contributed by atoms with Gasteiger partial charge in [0, 0.05) is 36.9 Å². The van der Waals surface area contributed by atoms with Crippen molar-refractivity contribution in [3.8, 4) is 33.8 Å². The number of anilines is 1. The van der Waals surface area contributed by atoms with E-state index in [1.807, 2.05) is 19.1 Å². The molecule has 3 N–H and O–H groups in total. The molecule has 0 spiro atoms. The predicted octanol–water partition coefficient (Wildman–Crippen LogP) is 7.16. The second-order valence-electron chi connectivity index (χ2n) is 12.6. The molecule has 0 saturated carbocycles. The zero-order chi connectivity index (χ0) is 40.9. The van der Waals surface area contributed by atoms with E-state index in [1.54, 1.807) is 24.3 Å². The summed E-state index contributed by atoms with van der Waals surface area (Å²) in [6, 6.07) is 18.0. The number of sulfonamides is 1. The second-order valence-corrected chi connectivity index (χ2v) is 14.2. The maximum atomic E-state index is 15.4. The van der Waals surface area contributed by atoms with Gasteiger partial charge in [-0.05, 0) is 83.3 Å². The number of aliphatic carboxylic acids is 1. The summed E-state index contributed by atoms with van der Waals surface area (Å²) in [6.45, 7) is 2.73. The standard InChI is InChI=1S/C41H35F3N4O8S/c1-4-56-22-23-16-34(54-2)37(35(17-23)55-3)29-12-9-26(39-30(29)6-5-14-46-39)18-33(41(50)51)47-40(49)38-31(42)20-27(21-32(38)43)48-57(52,53)28-10-7-24(8-11-28)25-13-15-45-36(44)19-25/h5-17,19-21,33,48H,4,18,22H2,1-3H3,(H,47,49)(H,50,51)/t33-/m0/s1. The number of halogens is 3. The van der Waals surface area contributed by atoms with E-state index in [9.17, 15) is 27.5 Å². The van der Waals surface area contributed by atoms with E-state index in [4.69, 9.17) is 14.2 Å². The lowest BCUT2D eigenvalue weighted by Crippen LogP contribution is -2.43. The molecule has 0 saturated heterocycles. The second kappa shape index (κ2) is 17.1. The first-order valence-electron chi connectivity index (χ1n) is 17.3. The number of hydrogen-bond acceptors (Lipinski definition) is 9. The fourth-order valence-electron chi connectivity index (χ4n) is 6.27. The van der Waals surface area contributed by atoms with Crippen LogP contribution in [0.4, 0.5) is 18.9 Å². The van der Waals surface area contributed by atoms with Crippen molar-refractivity contribution >= 4 is 38.5 Å². The Labute approximate surface area is 325 Å². The number of nitrogens with zero attached hydrogens (tertiary/aromatic N) is 2. The van der Waals surface area contributed by atoms with Gasteiger partial charge in [-0.25, -0.2) is 27.0 Å². The molecule has 6 aromatic rings. The van der Waals surface area contributed by atoms with Crippen molar-refractivity contribution in [2.24, 2.45) is 0 Å². The summed E-state index contributed by atoms with van der Waals surface area (Å²) in [7, 11) is -1.34. The summed E-state index contributed by atoms with van der Waals surface area (Å²) in [4.78, 5) is 33.4. The number of carboxylic acid groups (broad SMARTS) is 1. The molecule has 0 radical (unpaired) electrons. The van der Waals surface area contributed by atoms with Crippen molar-refractivity contribution in [3.63, 3.8) is 0 Å². The SMILES string of the molecule is CCOCc1cc(OC)c(-c2ccc(C[C@H](NC(=O)c3c(F)cc(NS(=O)(=O)c4ccc(-c5ccnc(F)c5)cc4)cc3F)C(=O)O)c3ncccc23)c(OC)c1. The van der Waals surface area contributed by atoms with E-state index >= 15 is 8.78 Å². The molecule has 0 unspecified atom stereocenters. The lowest BCUT2D eigenvalue weighted by molar-refractivity contribution is -0.139. The van der Waals surface area contributed by atoms with Gasteiger partial charge in [0.2, 0.25) is 5.95 Å². The molecule has 0 fully saturated rings. The molecule has 16 heteroatoms. The van der Waals surface area contributed by atoms with E-state index in [-0.39, 0.29) is 11.3 Å². The molecule has 4 aromatic carbocycles. The van der Waals surface area contributed by atoms with Crippen LogP contribution >= 0.6 is 0 Å². The van der Waals surface area contributed by atoms with Gasteiger partial charge in [-0.2, -0.15) is 4.39 Å². The first-order chi connectivity index (χ1) is 27.3. The van der Waals surface area contributed by atoms with Crippen LogP contribution in [-0.2, 0) is 32.6 Å². The average molecular weight is 801 g/mol. The number of pyridine rings is 2. The van der Waals surface area contributed by atoms with Crippen LogP contribution in [0.3, 0.4) is 0 Å². The number of rotatable bonds is 15. The van der Waals surface area contributed by atoms with Gasteiger partial charge in [-0.15, -0.1) is 0 Å². The van der Waals surface area contributed by atoms with Gasteiger partial charge < -0.3 is 24.6 Å². The predicted molar refractivity (Wildman–Crippen MR) is 205 cm³/mol. The minimum atomic E-state index is -4.38. The molecule has 2 aromatic heterocycles. The summed E-state index contributed by atoms with van der Waals surface area (Å²) in [5, 5.41) is 12.9. The number of ether oxygens (including phenoxy) is 3. The van der Waals surface area contributed by atoms with Crippen LogP contribution < -0.4 is 19.5 Å². The van der Waals surface area contributed by atoms with E-state index in [2.05, 4.69) is 20.0 Å². The molecule has 0 aliphatic rings. The third-order valence-electron chi connectivity index (χ3n) is 8.93. The molecule has 294 valence electrons. The van der Waals surface area contributed by atoms with Gasteiger partial charge >= 0.3 is 5.97 Å². The molecule has 6 rings (SSSR count). The summed E-state index contributed by atoms with van der Waals surface area (Å²) in [5.74, 6) is -5.50. The zero-order valence-corrected chi connectivity index (χ0v) is 31.5. The van der Waals surface area contributed by atoms with Crippen molar-refractivity contribution in [3.05, 3.63) is 132 Å². The number of benzene rings is 4. The van der Waals surface area contributed by atoms with Crippen LogP contribution in [-0.4, -0.2) is 62.2 Å². The van der Waals surface area contributed by atoms with Crippen LogP contribution in [0, 0.1) is 17.6 Å². The Morgan fingerprint density at radius 1 is 0.842 bits per heavy atom. The quantitative estimate of drug-likeness (QED) is 0.0908. The Balaban J connectivity index is 1.23. The van der Waals surface area contributed by atoms with E-state index in [0.29, 0.717) is 75.6 Å². The van der Waals surface area contributed by atoms with Crippen LogP contribution in [0.1, 0.15) is 28.4 Å². The number of carbonyl (C=O) groups is 2. The fourth-order valence-corrected chi connectivity index (χ4v) is 7.31. The summed E-state index contributed by atoms with van der Waals surface area (Å²) in [5.41, 5.74) is 2.17. The number of nitrogens with one attached hydrogen (secondary N) is 2. The molecule has 2 heterocycles. The van der Waals surface area contributed by atoms with Crippen LogP contribution in [0.15, 0.2) is 102 Å². The number of hydrogen-bond donors (Lipinski definition) is 3. The monoisotopic (exact) mass is 800 g/mol. The van der Waals surface area contributed by atoms with E-state index in [0.717, 1.165) is 5.56 Å². The zero-order valence-electron chi connectivity index (χ0n) is 30.7. The first kappa shape index (κ1) is 40.2. The summed E-state index contributed by atoms with van der Waals surface area (Å²) >= 11 is 0. The highest BCUT2D eigenvalue weighted by Crippen LogP contribution is 2.43. The maximum absolute atomic E-state index is 15.4. The number of aromatic nitrogens is 2. The van der Waals surface area contributed by atoms with Crippen molar-refractivity contribution in [2.45, 2.75) is 30.9 Å². The van der Waals surface area contributed by atoms with Gasteiger partial charge in [0.15, 0.2) is 0 Å².